The Hall–Kier alpha value is -1.14. The van der Waals surface area contributed by atoms with E-state index >= 15 is 0 Å². The van der Waals surface area contributed by atoms with Gasteiger partial charge in [0.1, 0.15) is 0 Å². The molecule has 2 unspecified atom stereocenters. The van der Waals surface area contributed by atoms with E-state index < -0.39 is 11.9 Å². The van der Waals surface area contributed by atoms with Crippen molar-refractivity contribution in [2.75, 3.05) is 26.3 Å². The van der Waals surface area contributed by atoms with Gasteiger partial charge in [0.25, 0.3) is 0 Å². The van der Waals surface area contributed by atoms with Crippen LogP contribution < -0.4 is 5.32 Å². The van der Waals surface area contributed by atoms with Gasteiger partial charge in [0, 0.05) is 12.1 Å². The Labute approximate surface area is 107 Å². The summed E-state index contributed by atoms with van der Waals surface area (Å²) in [6.45, 7) is 7.15. The molecule has 1 saturated heterocycles. The highest BCUT2D eigenvalue weighted by molar-refractivity contribution is 5.78. The molecule has 0 radical (unpaired) electrons. The van der Waals surface area contributed by atoms with E-state index in [0.717, 1.165) is 0 Å². The van der Waals surface area contributed by atoms with Crippen LogP contribution in [-0.2, 0) is 14.3 Å². The Kier molecular flexibility index (Phi) is 5.55. The molecule has 6 heteroatoms. The molecule has 1 amide bonds. The molecule has 0 aromatic carbocycles. The zero-order valence-electron chi connectivity index (χ0n) is 11.2. The number of hydrogen-bond acceptors (Lipinski definition) is 4. The number of likely N-dealkylation sites (N-methyl/N-ethyl adjacent to an activating group) is 1. The van der Waals surface area contributed by atoms with E-state index in [0.29, 0.717) is 13.2 Å². The number of hydrogen-bond donors (Lipinski definition) is 2. The minimum absolute atomic E-state index is 0.0807. The fourth-order valence-corrected chi connectivity index (χ4v) is 2.15. The molecule has 1 fully saturated rings. The molecule has 0 aliphatic carbocycles. The third-order valence-corrected chi connectivity index (χ3v) is 3.04. The maximum absolute atomic E-state index is 11.7. The van der Waals surface area contributed by atoms with Crippen molar-refractivity contribution in [2.24, 2.45) is 5.92 Å². The monoisotopic (exact) mass is 258 g/mol. The van der Waals surface area contributed by atoms with Crippen LogP contribution in [0, 0.1) is 5.92 Å². The van der Waals surface area contributed by atoms with Gasteiger partial charge in [-0.1, -0.05) is 6.92 Å². The van der Waals surface area contributed by atoms with Crippen molar-refractivity contribution < 1.29 is 19.4 Å². The van der Waals surface area contributed by atoms with Gasteiger partial charge in [-0.15, -0.1) is 0 Å². The fourth-order valence-electron chi connectivity index (χ4n) is 2.15. The summed E-state index contributed by atoms with van der Waals surface area (Å²) in [6.07, 6.45) is 0. The van der Waals surface area contributed by atoms with Crippen molar-refractivity contribution in [3.05, 3.63) is 0 Å². The highest BCUT2D eigenvalue weighted by atomic mass is 16.5. The SMILES string of the molecule is CCN(CC(=O)NC(C)C)C1COCC1C(=O)O. The first-order chi connectivity index (χ1) is 8.45. The fraction of sp³-hybridized carbons (Fsp3) is 0.833. The molecular weight excluding hydrogens is 236 g/mol. The Bertz CT molecular complexity index is 306. The van der Waals surface area contributed by atoms with E-state index in [2.05, 4.69) is 5.32 Å². The van der Waals surface area contributed by atoms with Crippen molar-refractivity contribution in [1.82, 2.24) is 10.2 Å². The van der Waals surface area contributed by atoms with Gasteiger partial charge in [-0.05, 0) is 20.4 Å². The van der Waals surface area contributed by atoms with Crippen LogP contribution >= 0.6 is 0 Å². The van der Waals surface area contributed by atoms with Gasteiger partial charge in [-0.25, -0.2) is 0 Å². The normalized spacial score (nSPS) is 23.6. The van der Waals surface area contributed by atoms with E-state index in [-0.39, 0.29) is 31.1 Å². The number of amides is 1. The van der Waals surface area contributed by atoms with Crippen LogP contribution in [0.1, 0.15) is 20.8 Å². The van der Waals surface area contributed by atoms with Crippen LogP contribution in [0.25, 0.3) is 0 Å². The molecule has 0 saturated carbocycles. The third-order valence-electron chi connectivity index (χ3n) is 3.04. The Balaban J connectivity index is 2.60. The van der Waals surface area contributed by atoms with Gasteiger partial charge in [0.15, 0.2) is 0 Å². The number of nitrogens with one attached hydrogen (secondary N) is 1. The molecule has 0 aromatic heterocycles. The maximum Gasteiger partial charge on any atom is 0.310 e. The second-order valence-electron chi connectivity index (χ2n) is 4.83. The lowest BCUT2D eigenvalue weighted by atomic mass is 10.0. The molecule has 1 aliphatic rings. The van der Waals surface area contributed by atoms with Crippen molar-refractivity contribution >= 4 is 11.9 Å². The molecule has 2 N–H and O–H groups in total. The number of carbonyl (C=O) groups excluding carboxylic acids is 1. The molecule has 1 heterocycles. The van der Waals surface area contributed by atoms with E-state index in [1.807, 2.05) is 25.7 Å². The minimum atomic E-state index is -0.861. The van der Waals surface area contributed by atoms with E-state index in [1.54, 1.807) is 0 Å². The van der Waals surface area contributed by atoms with E-state index in [9.17, 15) is 9.59 Å². The molecule has 0 bridgehead atoms. The lowest BCUT2D eigenvalue weighted by Crippen LogP contribution is -2.48. The topological polar surface area (TPSA) is 78.9 Å². The maximum atomic E-state index is 11.7. The zero-order valence-corrected chi connectivity index (χ0v) is 11.2. The predicted molar refractivity (Wildman–Crippen MR) is 66.3 cm³/mol. The standard InChI is InChI=1S/C12H22N2O4/c1-4-14(5-11(15)13-8(2)3)10-7-18-6-9(10)12(16)17/h8-10H,4-7H2,1-3H3,(H,13,15)(H,16,17). The lowest BCUT2D eigenvalue weighted by Gasteiger charge is -2.28. The molecule has 1 aliphatic heterocycles. The van der Waals surface area contributed by atoms with Crippen LogP contribution in [0.15, 0.2) is 0 Å². The highest BCUT2D eigenvalue weighted by Gasteiger charge is 2.37. The third kappa shape index (κ3) is 3.96. The number of ether oxygens (including phenoxy) is 1. The zero-order chi connectivity index (χ0) is 13.7. The van der Waals surface area contributed by atoms with Crippen LogP contribution in [0.4, 0.5) is 0 Å². The first-order valence-electron chi connectivity index (χ1n) is 6.29. The van der Waals surface area contributed by atoms with Gasteiger partial charge in [0.2, 0.25) is 5.91 Å². The average molecular weight is 258 g/mol. The summed E-state index contributed by atoms with van der Waals surface area (Å²) in [5.74, 6) is -1.49. The molecule has 2 atom stereocenters. The second-order valence-corrected chi connectivity index (χ2v) is 4.83. The van der Waals surface area contributed by atoms with Crippen LogP contribution in [0.2, 0.25) is 0 Å². The summed E-state index contributed by atoms with van der Waals surface area (Å²) in [5.41, 5.74) is 0. The van der Waals surface area contributed by atoms with Crippen molar-refractivity contribution in [1.29, 1.82) is 0 Å². The number of carboxylic acids is 1. The molecule has 0 aromatic rings. The number of rotatable bonds is 6. The summed E-state index contributed by atoms with van der Waals surface area (Å²) in [5, 5.41) is 11.9. The Morgan fingerprint density at radius 2 is 2.11 bits per heavy atom. The number of carbonyl (C=O) groups is 2. The quantitative estimate of drug-likeness (QED) is 0.697. The number of nitrogens with zero attached hydrogens (tertiary/aromatic N) is 1. The molecule has 1 rings (SSSR count). The first kappa shape index (κ1) is 14.9. The smallest absolute Gasteiger partial charge is 0.310 e. The number of aliphatic carboxylic acids is 1. The van der Waals surface area contributed by atoms with E-state index in [4.69, 9.17) is 9.84 Å². The highest BCUT2D eigenvalue weighted by Crippen LogP contribution is 2.19. The second kappa shape index (κ2) is 6.70. The summed E-state index contributed by atoms with van der Waals surface area (Å²) in [7, 11) is 0. The van der Waals surface area contributed by atoms with Gasteiger partial charge in [-0.2, -0.15) is 0 Å². The van der Waals surface area contributed by atoms with Gasteiger partial charge >= 0.3 is 5.97 Å². The summed E-state index contributed by atoms with van der Waals surface area (Å²) < 4.78 is 5.22. The minimum Gasteiger partial charge on any atom is -0.481 e. The lowest BCUT2D eigenvalue weighted by molar-refractivity contribution is -0.143. The van der Waals surface area contributed by atoms with Crippen LogP contribution in [0.5, 0.6) is 0 Å². The van der Waals surface area contributed by atoms with Crippen molar-refractivity contribution in [3.8, 4) is 0 Å². The van der Waals surface area contributed by atoms with Gasteiger partial charge in [-0.3, -0.25) is 14.5 Å². The molecule has 6 nitrogen and oxygen atoms in total. The van der Waals surface area contributed by atoms with Crippen LogP contribution in [0.3, 0.4) is 0 Å². The predicted octanol–water partition coefficient (Wildman–Crippen LogP) is -0.0675. The largest absolute Gasteiger partial charge is 0.481 e. The van der Waals surface area contributed by atoms with Crippen molar-refractivity contribution in [2.45, 2.75) is 32.9 Å². The molecule has 0 spiro atoms. The first-order valence-corrected chi connectivity index (χ1v) is 6.29. The van der Waals surface area contributed by atoms with Crippen LogP contribution in [-0.4, -0.2) is 60.3 Å². The summed E-state index contributed by atoms with van der Waals surface area (Å²) in [4.78, 5) is 24.7. The Morgan fingerprint density at radius 1 is 1.44 bits per heavy atom. The molecule has 104 valence electrons. The van der Waals surface area contributed by atoms with Crippen molar-refractivity contribution in [3.63, 3.8) is 0 Å². The van der Waals surface area contributed by atoms with Gasteiger partial charge < -0.3 is 15.2 Å². The average Bonchev–Trinajstić information content (AvgIpc) is 2.73. The Morgan fingerprint density at radius 3 is 2.61 bits per heavy atom. The molecular formula is C12H22N2O4. The molecule has 18 heavy (non-hydrogen) atoms. The van der Waals surface area contributed by atoms with E-state index in [1.165, 1.54) is 0 Å². The summed E-state index contributed by atoms with van der Waals surface area (Å²) in [6, 6.07) is -0.128. The summed E-state index contributed by atoms with van der Waals surface area (Å²) >= 11 is 0. The number of carboxylic acid groups (broad SMARTS) is 1. The van der Waals surface area contributed by atoms with Gasteiger partial charge in [0.05, 0.1) is 25.7 Å².